The molecular weight excluding hydrogens is 254 g/mol. The number of hydrogen-bond acceptors (Lipinski definition) is 2. The van der Waals surface area contributed by atoms with Gasteiger partial charge in [-0.1, -0.05) is 22.0 Å². The fourth-order valence-corrected chi connectivity index (χ4v) is 2.79. The molecule has 3 heteroatoms. The summed E-state index contributed by atoms with van der Waals surface area (Å²) in [5, 5.41) is 0. The highest BCUT2D eigenvalue weighted by molar-refractivity contribution is 9.10. The topological polar surface area (TPSA) is 12.5 Å². The van der Waals surface area contributed by atoms with Crippen molar-refractivity contribution in [3.05, 3.63) is 28.2 Å². The van der Waals surface area contributed by atoms with Crippen LogP contribution in [-0.2, 0) is 0 Å². The van der Waals surface area contributed by atoms with Gasteiger partial charge >= 0.3 is 0 Å². The number of halogens is 1. The van der Waals surface area contributed by atoms with E-state index >= 15 is 0 Å². The number of fused-ring (bicyclic) bond motifs is 1. The van der Waals surface area contributed by atoms with E-state index in [-0.39, 0.29) is 0 Å². The van der Waals surface area contributed by atoms with E-state index in [1.54, 1.807) is 0 Å². The molecule has 0 spiro atoms. The van der Waals surface area contributed by atoms with Gasteiger partial charge in [0.05, 0.1) is 6.61 Å². The van der Waals surface area contributed by atoms with E-state index in [1.165, 1.54) is 10.0 Å². The first kappa shape index (κ1) is 11.0. The van der Waals surface area contributed by atoms with Gasteiger partial charge in [-0.3, -0.25) is 0 Å². The van der Waals surface area contributed by atoms with E-state index in [0.717, 1.165) is 25.3 Å². The van der Waals surface area contributed by atoms with Gasteiger partial charge in [-0.05, 0) is 32.6 Å². The lowest BCUT2D eigenvalue weighted by Gasteiger charge is -2.28. The van der Waals surface area contributed by atoms with Gasteiger partial charge in [0, 0.05) is 22.5 Å². The highest BCUT2D eigenvalue weighted by Crippen LogP contribution is 2.38. The van der Waals surface area contributed by atoms with Crippen LogP contribution in [0.3, 0.4) is 0 Å². The van der Waals surface area contributed by atoms with E-state index in [9.17, 15) is 0 Å². The van der Waals surface area contributed by atoms with Gasteiger partial charge in [-0.2, -0.15) is 0 Å². The minimum Gasteiger partial charge on any atom is -0.493 e. The molecule has 1 aliphatic rings. The van der Waals surface area contributed by atoms with Crippen LogP contribution < -0.4 is 4.74 Å². The highest BCUT2D eigenvalue weighted by Gasteiger charge is 2.23. The van der Waals surface area contributed by atoms with Crippen molar-refractivity contribution in [3.8, 4) is 5.75 Å². The predicted octanol–water partition coefficient (Wildman–Crippen LogP) is 2.88. The van der Waals surface area contributed by atoms with Gasteiger partial charge < -0.3 is 9.64 Å². The molecular formula is C12H16BrNO. The molecule has 2 rings (SSSR count). The van der Waals surface area contributed by atoms with Gasteiger partial charge in [-0.15, -0.1) is 0 Å². The minimum atomic E-state index is 0.583. The number of hydrogen-bond donors (Lipinski definition) is 0. The van der Waals surface area contributed by atoms with Gasteiger partial charge in [0.1, 0.15) is 5.75 Å². The normalized spacial score (nSPS) is 19.9. The SMILES string of the molecule is CN(C)CC1CCOc2cccc(Br)c21. The second kappa shape index (κ2) is 4.54. The lowest BCUT2D eigenvalue weighted by atomic mass is 9.93. The van der Waals surface area contributed by atoms with E-state index in [2.05, 4.69) is 47.1 Å². The van der Waals surface area contributed by atoms with Gasteiger partial charge in [0.15, 0.2) is 0 Å². The minimum absolute atomic E-state index is 0.583. The van der Waals surface area contributed by atoms with Crippen molar-refractivity contribution in [2.24, 2.45) is 0 Å². The number of nitrogens with zero attached hydrogens (tertiary/aromatic N) is 1. The Hall–Kier alpha value is -0.540. The third-order valence-corrected chi connectivity index (χ3v) is 3.42. The van der Waals surface area contributed by atoms with Crippen LogP contribution in [0, 0.1) is 0 Å². The van der Waals surface area contributed by atoms with E-state index in [0.29, 0.717) is 5.92 Å². The van der Waals surface area contributed by atoms with Crippen LogP contribution in [0.2, 0.25) is 0 Å². The van der Waals surface area contributed by atoms with E-state index in [1.807, 2.05) is 6.07 Å². The van der Waals surface area contributed by atoms with Crippen LogP contribution in [-0.4, -0.2) is 32.1 Å². The number of benzene rings is 1. The van der Waals surface area contributed by atoms with Crippen LogP contribution in [0.15, 0.2) is 22.7 Å². The Labute approximate surface area is 99.4 Å². The fourth-order valence-electron chi connectivity index (χ4n) is 2.12. The zero-order chi connectivity index (χ0) is 10.8. The van der Waals surface area contributed by atoms with Crippen molar-refractivity contribution in [3.63, 3.8) is 0 Å². The standard InChI is InChI=1S/C12H16BrNO/c1-14(2)8-9-6-7-15-11-5-3-4-10(13)12(9)11/h3-5,9H,6-8H2,1-2H3. The summed E-state index contributed by atoms with van der Waals surface area (Å²) in [5.41, 5.74) is 1.33. The molecule has 0 amide bonds. The molecule has 15 heavy (non-hydrogen) atoms. The smallest absolute Gasteiger partial charge is 0.123 e. The van der Waals surface area contributed by atoms with Crippen molar-refractivity contribution in [1.29, 1.82) is 0 Å². The van der Waals surface area contributed by atoms with Crippen molar-refractivity contribution in [2.45, 2.75) is 12.3 Å². The Morgan fingerprint density at radius 2 is 2.27 bits per heavy atom. The molecule has 0 saturated heterocycles. The zero-order valence-electron chi connectivity index (χ0n) is 9.16. The third-order valence-electron chi connectivity index (χ3n) is 2.73. The zero-order valence-corrected chi connectivity index (χ0v) is 10.8. The Morgan fingerprint density at radius 1 is 1.47 bits per heavy atom. The van der Waals surface area contributed by atoms with E-state index < -0.39 is 0 Å². The molecule has 1 heterocycles. The monoisotopic (exact) mass is 269 g/mol. The van der Waals surface area contributed by atoms with Gasteiger partial charge in [-0.25, -0.2) is 0 Å². The largest absolute Gasteiger partial charge is 0.493 e. The van der Waals surface area contributed by atoms with Crippen LogP contribution in [0.1, 0.15) is 17.9 Å². The molecule has 0 fully saturated rings. The predicted molar refractivity (Wildman–Crippen MR) is 65.5 cm³/mol. The summed E-state index contributed by atoms with van der Waals surface area (Å²) in [6.45, 7) is 1.92. The Kier molecular flexibility index (Phi) is 3.32. The molecule has 0 N–H and O–H groups in total. The van der Waals surface area contributed by atoms with E-state index in [4.69, 9.17) is 4.74 Å². The maximum atomic E-state index is 5.67. The maximum Gasteiger partial charge on any atom is 0.123 e. The van der Waals surface area contributed by atoms with Crippen molar-refractivity contribution >= 4 is 15.9 Å². The number of likely N-dealkylation sites (N-methyl/N-ethyl adjacent to an activating group) is 1. The molecule has 0 saturated carbocycles. The lowest BCUT2D eigenvalue weighted by Crippen LogP contribution is -2.25. The van der Waals surface area contributed by atoms with Crippen molar-refractivity contribution in [1.82, 2.24) is 4.90 Å². The quantitative estimate of drug-likeness (QED) is 0.819. The third kappa shape index (κ3) is 2.34. The Morgan fingerprint density at radius 3 is 3.00 bits per heavy atom. The molecule has 0 aliphatic carbocycles. The summed E-state index contributed by atoms with van der Waals surface area (Å²) in [5.74, 6) is 1.63. The molecule has 1 atom stereocenters. The number of ether oxygens (including phenoxy) is 1. The summed E-state index contributed by atoms with van der Waals surface area (Å²) in [6, 6.07) is 6.18. The second-order valence-electron chi connectivity index (χ2n) is 4.25. The average molecular weight is 270 g/mol. The molecule has 82 valence electrons. The molecule has 0 radical (unpaired) electrons. The Bertz CT molecular complexity index is 351. The maximum absolute atomic E-state index is 5.67. The lowest BCUT2D eigenvalue weighted by molar-refractivity contribution is 0.244. The highest BCUT2D eigenvalue weighted by atomic mass is 79.9. The first-order valence-corrected chi connectivity index (χ1v) is 6.03. The molecule has 2 nitrogen and oxygen atoms in total. The Balaban J connectivity index is 2.32. The van der Waals surface area contributed by atoms with Crippen LogP contribution in [0.5, 0.6) is 5.75 Å². The first-order valence-electron chi connectivity index (χ1n) is 5.24. The number of rotatable bonds is 2. The van der Waals surface area contributed by atoms with Gasteiger partial charge in [0.25, 0.3) is 0 Å². The molecule has 0 bridgehead atoms. The summed E-state index contributed by atoms with van der Waals surface area (Å²) >= 11 is 3.61. The molecule has 0 aromatic heterocycles. The van der Waals surface area contributed by atoms with Crippen LogP contribution in [0.4, 0.5) is 0 Å². The van der Waals surface area contributed by atoms with Crippen LogP contribution >= 0.6 is 15.9 Å². The summed E-state index contributed by atoms with van der Waals surface area (Å²) in [4.78, 5) is 2.24. The summed E-state index contributed by atoms with van der Waals surface area (Å²) in [6.07, 6.45) is 1.10. The fraction of sp³-hybridized carbons (Fsp3) is 0.500. The van der Waals surface area contributed by atoms with Crippen molar-refractivity contribution in [2.75, 3.05) is 27.2 Å². The van der Waals surface area contributed by atoms with Crippen LogP contribution in [0.25, 0.3) is 0 Å². The molecule has 1 aliphatic heterocycles. The molecule has 1 unspecified atom stereocenters. The summed E-state index contributed by atoms with van der Waals surface area (Å²) < 4.78 is 6.84. The first-order chi connectivity index (χ1) is 7.18. The molecule has 1 aromatic carbocycles. The van der Waals surface area contributed by atoms with Gasteiger partial charge in [0.2, 0.25) is 0 Å². The average Bonchev–Trinajstić information content (AvgIpc) is 2.17. The summed E-state index contributed by atoms with van der Waals surface area (Å²) in [7, 11) is 4.23. The van der Waals surface area contributed by atoms with Crippen molar-refractivity contribution < 1.29 is 4.74 Å². The second-order valence-corrected chi connectivity index (χ2v) is 5.10. The molecule has 1 aromatic rings.